The molecular formula is C77H143NO8. The molecule has 0 spiro atoms. The molecule has 1 aliphatic heterocycles. The fourth-order valence-corrected chi connectivity index (χ4v) is 11.9. The van der Waals surface area contributed by atoms with E-state index in [1.54, 1.807) is 6.08 Å². The van der Waals surface area contributed by atoms with E-state index >= 15 is 0 Å². The van der Waals surface area contributed by atoms with Crippen molar-refractivity contribution in [3.63, 3.8) is 0 Å². The van der Waals surface area contributed by atoms with Gasteiger partial charge in [0.2, 0.25) is 5.91 Å². The highest BCUT2D eigenvalue weighted by atomic mass is 16.7. The third kappa shape index (κ3) is 53.7. The monoisotopic (exact) mass is 1210 g/mol. The Morgan fingerprint density at radius 2 is 0.698 bits per heavy atom. The number of aliphatic hydroxyl groups excluding tert-OH is 5. The largest absolute Gasteiger partial charge is 0.394 e. The molecule has 1 rings (SSSR count). The molecule has 0 saturated carbocycles. The van der Waals surface area contributed by atoms with Crippen LogP contribution in [0.5, 0.6) is 0 Å². The Kier molecular flexibility index (Phi) is 62.7. The molecule has 0 aromatic carbocycles. The molecule has 504 valence electrons. The second-order valence-electron chi connectivity index (χ2n) is 26.1. The number of unbranched alkanes of at least 4 members (excludes halogenated alkanes) is 48. The molecule has 0 aliphatic carbocycles. The molecule has 1 amide bonds. The number of rotatable bonds is 66. The summed E-state index contributed by atoms with van der Waals surface area (Å²) >= 11 is 0. The van der Waals surface area contributed by atoms with E-state index in [9.17, 15) is 30.3 Å². The first-order valence-electron chi connectivity index (χ1n) is 37.5. The van der Waals surface area contributed by atoms with E-state index in [0.717, 1.165) is 51.4 Å². The minimum atomic E-state index is -1.58. The number of hydrogen-bond donors (Lipinski definition) is 6. The topological polar surface area (TPSA) is 149 Å². The Morgan fingerprint density at radius 3 is 1.05 bits per heavy atom. The molecule has 1 aliphatic rings. The van der Waals surface area contributed by atoms with Gasteiger partial charge in [0.15, 0.2) is 6.29 Å². The van der Waals surface area contributed by atoms with E-state index in [1.165, 1.54) is 295 Å². The molecule has 1 heterocycles. The van der Waals surface area contributed by atoms with Gasteiger partial charge in [-0.15, -0.1) is 0 Å². The summed E-state index contributed by atoms with van der Waals surface area (Å²) in [6.07, 6.45) is 85.0. The lowest BCUT2D eigenvalue weighted by molar-refractivity contribution is -0.302. The van der Waals surface area contributed by atoms with Gasteiger partial charge < -0.3 is 40.3 Å². The molecular weight excluding hydrogens is 1070 g/mol. The summed E-state index contributed by atoms with van der Waals surface area (Å²) in [5.74, 6) is -0.185. The maximum absolute atomic E-state index is 13.1. The van der Waals surface area contributed by atoms with Crippen LogP contribution in [-0.2, 0) is 14.3 Å². The van der Waals surface area contributed by atoms with Crippen molar-refractivity contribution in [3.05, 3.63) is 60.8 Å². The number of carbonyl (C=O) groups excluding carboxylic acids is 1. The number of carbonyl (C=O) groups is 1. The summed E-state index contributed by atoms with van der Waals surface area (Å²) in [4.78, 5) is 13.1. The molecule has 7 unspecified atom stereocenters. The van der Waals surface area contributed by atoms with Gasteiger partial charge in [0.1, 0.15) is 24.4 Å². The first kappa shape index (κ1) is 81.9. The number of ether oxygens (including phenoxy) is 2. The second-order valence-corrected chi connectivity index (χ2v) is 26.1. The van der Waals surface area contributed by atoms with Gasteiger partial charge in [-0.05, 0) is 77.0 Å². The van der Waals surface area contributed by atoms with E-state index < -0.39 is 49.5 Å². The zero-order chi connectivity index (χ0) is 62.1. The fraction of sp³-hybridized carbons (Fsp3) is 0.857. The Balaban J connectivity index is 2.13. The van der Waals surface area contributed by atoms with Crippen LogP contribution in [0.15, 0.2) is 60.8 Å². The van der Waals surface area contributed by atoms with Gasteiger partial charge >= 0.3 is 0 Å². The Labute approximate surface area is 532 Å². The molecule has 0 radical (unpaired) electrons. The van der Waals surface area contributed by atoms with E-state index in [2.05, 4.69) is 67.8 Å². The SMILES string of the molecule is CCCCCCC/C=C\C/C=C\CCCCCCCCCCCCCCCCCCCCCC(=O)NC(COC1OC(CO)C(O)C(O)C1O)C(O)/C=C/CC/C=C/CC/C=C/CCCCCCCCCCCCCCCCCCCCCCCC. The molecule has 0 aromatic rings. The van der Waals surface area contributed by atoms with Crippen LogP contribution in [-0.4, -0.2) is 87.5 Å². The van der Waals surface area contributed by atoms with Crippen molar-refractivity contribution in [1.29, 1.82) is 0 Å². The summed E-state index contributed by atoms with van der Waals surface area (Å²) < 4.78 is 11.3. The zero-order valence-electron chi connectivity index (χ0n) is 56.6. The molecule has 1 fully saturated rings. The molecule has 9 nitrogen and oxygen atoms in total. The fourth-order valence-electron chi connectivity index (χ4n) is 11.9. The summed E-state index contributed by atoms with van der Waals surface area (Å²) in [5.41, 5.74) is 0. The van der Waals surface area contributed by atoms with Gasteiger partial charge in [0, 0.05) is 6.42 Å². The van der Waals surface area contributed by atoms with Gasteiger partial charge in [0.25, 0.3) is 0 Å². The summed E-state index contributed by atoms with van der Waals surface area (Å²) in [5, 5.41) is 54.8. The minimum Gasteiger partial charge on any atom is -0.394 e. The second kappa shape index (κ2) is 65.8. The van der Waals surface area contributed by atoms with Crippen LogP contribution >= 0.6 is 0 Å². The van der Waals surface area contributed by atoms with Crippen molar-refractivity contribution in [2.24, 2.45) is 0 Å². The summed E-state index contributed by atoms with van der Waals surface area (Å²) in [6.45, 7) is 3.80. The van der Waals surface area contributed by atoms with Crippen LogP contribution in [0.3, 0.4) is 0 Å². The van der Waals surface area contributed by atoms with E-state index in [1.807, 2.05) is 6.08 Å². The minimum absolute atomic E-state index is 0.185. The number of hydrogen-bond acceptors (Lipinski definition) is 8. The zero-order valence-corrected chi connectivity index (χ0v) is 56.6. The third-order valence-electron chi connectivity index (χ3n) is 17.8. The van der Waals surface area contributed by atoms with E-state index in [0.29, 0.717) is 6.42 Å². The normalized spacial score (nSPS) is 18.3. The van der Waals surface area contributed by atoms with Gasteiger partial charge in [-0.25, -0.2) is 0 Å². The lowest BCUT2D eigenvalue weighted by Crippen LogP contribution is -2.60. The van der Waals surface area contributed by atoms with Crippen LogP contribution < -0.4 is 5.32 Å². The van der Waals surface area contributed by atoms with Crippen molar-refractivity contribution in [2.75, 3.05) is 13.2 Å². The Hall–Kier alpha value is -2.11. The van der Waals surface area contributed by atoms with Crippen molar-refractivity contribution >= 4 is 5.91 Å². The molecule has 0 bridgehead atoms. The van der Waals surface area contributed by atoms with E-state index in [4.69, 9.17) is 9.47 Å². The first-order valence-corrected chi connectivity index (χ1v) is 37.5. The molecule has 86 heavy (non-hydrogen) atoms. The van der Waals surface area contributed by atoms with Crippen LogP contribution in [0.4, 0.5) is 0 Å². The van der Waals surface area contributed by atoms with E-state index in [-0.39, 0.29) is 12.5 Å². The molecule has 7 atom stereocenters. The third-order valence-corrected chi connectivity index (χ3v) is 17.8. The lowest BCUT2D eigenvalue weighted by atomic mass is 9.99. The van der Waals surface area contributed by atoms with Gasteiger partial charge in [-0.3, -0.25) is 4.79 Å². The maximum Gasteiger partial charge on any atom is 0.220 e. The van der Waals surface area contributed by atoms with Crippen molar-refractivity contribution in [3.8, 4) is 0 Å². The number of allylic oxidation sites excluding steroid dienone is 9. The molecule has 9 heteroatoms. The molecule has 6 N–H and O–H groups in total. The number of amides is 1. The molecule has 0 aromatic heterocycles. The van der Waals surface area contributed by atoms with Crippen LogP contribution in [0.1, 0.15) is 367 Å². The van der Waals surface area contributed by atoms with Crippen molar-refractivity contribution in [1.82, 2.24) is 5.32 Å². The van der Waals surface area contributed by atoms with Crippen LogP contribution in [0.25, 0.3) is 0 Å². The van der Waals surface area contributed by atoms with Crippen LogP contribution in [0, 0.1) is 0 Å². The highest BCUT2D eigenvalue weighted by Gasteiger charge is 2.44. The van der Waals surface area contributed by atoms with Gasteiger partial charge in [-0.2, -0.15) is 0 Å². The predicted molar refractivity (Wildman–Crippen MR) is 369 cm³/mol. The Morgan fingerprint density at radius 1 is 0.395 bits per heavy atom. The van der Waals surface area contributed by atoms with Crippen LogP contribution in [0.2, 0.25) is 0 Å². The van der Waals surface area contributed by atoms with Gasteiger partial charge in [-0.1, -0.05) is 344 Å². The highest BCUT2D eigenvalue weighted by Crippen LogP contribution is 2.23. The quantitative estimate of drug-likeness (QED) is 0.0261. The number of aliphatic hydroxyl groups is 5. The molecule has 1 saturated heterocycles. The van der Waals surface area contributed by atoms with Crippen molar-refractivity contribution < 1.29 is 39.8 Å². The highest BCUT2D eigenvalue weighted by molar-refractivity contribution is 5.76. The Bertz CT molecular complexity index is 1540. The summed E-state index contributed by atoms with van der Waals surface area (Å²) in [6, 6.07) is -0.831. The first-order chi connectivity index (χ1) is 42.3. The predicted octanol–water partition coefficient (Wildman–Crippen LogP) is 20.9. The van der Waals surface area contributed by atoms with Gasteiger partial charge in [0.05, 0.1) is 25.4 Å². The number of nitrogens with one attached hydrogen (secondary N) is 1. The van der Waals surface area contributed by atoms with Crippen molar-refractivity contribution in [2.45, 2.75) is 410 Å². The average molecular weight is 1210 g/mol. The lowest BCUT2D eigenvalue weighted by Gasteiger charge is -2.40. The maximum atomic E-state index is 13.1. The standard InChI is InChI=1S/C77H143NO8/c1-3-5-7-9-11-13-15-17-19-21-23-25-27-29-31-33-35-37-38-40-42-44-46-48-50-52-54-56-58-60-62-64-66-71(80)70(69-85-77-76(84)75(83)74(82)72(68-79)86-77)78-73(81)67-65-63-61-59-57-55-53-51-49-47-45-43-41-39-36-34-32-30-28-26-24-22-20-18-16-14-12-10-8-6-4-2/h16,18,22,24,48,50,56,58,64,66,70-72,74-77,79-80,82-84H,3-15,17,19-21,23,25-47,49,51-55,57,59-63,65,67-69H2,1-2H3,(H,78,81)/b18-16-,24-22-,50-48+,58-56+,66-64+. The average Bonchev–Trinajstić information content (AvgIpc) is 3.59. The smallest absolute Gasteiger partial charge is 0.220 e. The summed E-state index contributed by atoms with van der Waals surface area (Å²) in [7, 11) is 0.